The topological polar surface area (TPSA) is 72.2 Å². The van der Waals surface area contributed by atoms with Gasteiger partial charge in [-0.2, -0.15) is 0 Å². The Morgan fingerprint density at radius 3 is 2.65 bits per heavy atom. The van der Waals surface area contributed by atoms with Crippen LogP contribution in [0.15, 0.2) is 41.5 Å². The molecule has 0 unspecified atom stereocenters. The van der Waals surface area contributed by atoms with E-state index in [0.717, 1.165) is 5.56 Å². The van der Waals surface area contributed by atoms with Crippen molar-refractivity contribution in [1.82, 2.24) is 9.55 Å². The Kier molecular flexibility index (Phi) is 3.00. The van der Waals surface area contributed by atoms with Gasteiger partial charge in [0.2, 0.25) is 5.88 Å². The second-order valence-corrected chi connectivity index (χ2v) is 3.52. The number of hydrogen-bond acceptors (Lipinski definition) is 4. The molecule has 86 valence electrons. The predicted octanol–water partition coefficient (Wildman–Crippen LogP) is 0.810. The molecule has 0 aliphatic rings. The number of aromatic hydroxyl groups is 1. The summed E-state index contributed by atoms with van der Waals surface area (Å²) in [6.45, 7) is 0.313. The van der Waals surface area contributed by atoms with Crippen LogP contribution in [-0.2, 0) is 6.54 Å². The van der Waals surface area contributed by atoms with E-state index in [9.17, 15) is 14.7 Å². The Morgan fingerprint density at radius 1 is 1.29 bits per heavy atom. The molecule has 0 amide bonds. The number of rotatable bonds is 3. The summed E-state index contributed by atoms with van der Waals surface area (Å²) in [7, 11) is 0. The summed E-state index contributed by atoms with van der Waals surface area (Å²) in [5, 5.41) is 9.23. The number of aromatic nitrogens is 2. The van der Waals surface area contributed by atoms with Gasteiger partial charge in [0.15, 0.2) is 6.29 Å². The van der Waals surface area contributed by atoms with Crippen LogP contribution in [0, 0.1) is 0 Å². The average molecular weight is 230 g/mol. The Morgan fingerprint density at radius 2 is 2.00 bits per heavy atom. The molecule has 2 rings (SSSR count). The molecule has 0 fully saturated rings. The maximum absolute atomic E-state index is 11.8. The molecular formula is C12H10N2O3. The number of carbonyl (C=O) groups is 1. The second-order valence-electron chi connectivity index (χ2n) is 3.52. The van der Waals surface area contributed by atoms with Gasteiger partial charge in [-0.1, -0.05) is 30.3 Å². The van der Waals surface area contributed by atoms with Crippen LogP contribution >= 0.6 is 0 Å². The third-order valence-electron chi connectivity index (χ3n) is 2.37. The maximum Gasteiger partial charge on any atom is 0.268 e. The van der Waals surface area contributed by atoms with E-state index in [1.165, 1.54) is 10.9 Å². The number of hydrogen-bond donors (Lipinski definition) is 1. The van der Waals surface area contributed by atoms with Gasteiger partial charge >= 0.3 is 0 Å². The maximum atomic E-state index is 11.8. The van der Waals surface area contributed by atoms with Gasteiger partial charge in [-0.05, 0) is 5.56 Å². The van der Waals surface area contributed by atoms with Crippen molar-refractivity contribution >= 4 is 6.29 Å². The van der Waals surface area contributed by atoms with Crippen LogP contribution in [0.25, 0.3) is 0 Å². The largest absolute Gasteiger partial charge is 0.493 e. The van der Waals surface area contributed by atoms with Gasteiger partial charge in [0.05, 0.1) is 6.54 Å². The monoisotopic (exact) mass is 230 g/mol. The van der Waals surface area contributed by atoms with E-state index in [2.05, 4.69) is 4.98 Å². The number of nitrogens with zero attached hydrogens (tertiary/aromatic N) is 2. The minimum absolute atomic E-state index is 0.312. The molecule has 1 N–H and O–H groups in total. The van der Waals surface area contributed by atoms with Crippen LogP contribution in [0.3, 0.4) is 0 Å². The van der Waals surface area contributed by atoms with Crippen LogP contribution in [0.5, 0.6) is 5.88 Å². The van der Waals surface area contributed by atoms with E-state index in [0.29, 0.717) is 12.8 Å². The lowest BCUT2D eigenvalue weighted by Crippen LogP contribution is -2.24. The van der Waals surface area contributed by atoms with Gasteiger partial charge in [0.1, 0.15) is 11.9 Å². The highest BCUT2D eigenvalue weighted by Crippen LogP contribution is 2.05. The van der Waals surface area contributed by atoms with E-state index in [-0.39, 0.29) is 5.56 Å². The van der Waals surface area contributed by atoms with Gasteiger partial charge in [0.25, 0.3) is 5.56 Å². The van der Waals surface area contributed by atoms with Crippen molar-refractivity contribution in [3.63, 3.8) is 0 Å². The molecule has 0 saturated carbocycles. The molecule has 1 aromatic carbocycles. The minimum Gasteiger partial charge on any atom is -0.493 e. The van der Waals surface area contributed by atoms with Crippen LogP contribution in [0.2, 0.25) is 0 Å². The smallest absolute Gasteiger partial charge is 0.268 e. The van der Waals surface area contributed by atoms with Crippen molar-refractivity contribution in [1.29, 1.82) is 0 Å². The second kappa shape index (κ2) is 4.61. The molecule has 0 radical (unpaired) electrons. The third-order valence-corrected chi connectivity index (χ3v) is 2.37. The summed E-state index contributed by atoms with van der Waals surface area (Å²) in [4.78, 5) is 26.0. The molecule has 1 heterocycles. The van der Waals surface area contributed by atoms with E-state index in [1.54, 1.807) is 0 Å². The molecule has 0 atom stereocenters. The van der Waals surface area contributed by atoms with E-state index in [4.69, 9.17) is 0 Å². The van der Waals surface area contributed by atoms with Crippen molar-refractivity contribution < 1.29 is 9.90 Å². The molecule has 17 heavy (non-hydrogen) atoms. The summed E-state index contributed by atoms with van der Waals surface area (Å²) in [6.07, 6.45) is 1.53. The fourth-order valence-corrected chi connectivity index (χ4v) is 1.49. The molecule has 0 aliphatic carbocycles. The number of aldehydes is 1. The highest BCUT2D eigenvalue weighted by Gasteiger charge is 2.09. The van der Waals surface area contributed by atoms with Crippen molar-refractivity contribution in [3.05, 3.63) is 58.1 Å². The van der Waals surface area contributed by atoms with E-state index in [1.807, 2.05) is 30.3 Å². The van der Waals surface area contributed by atoms with E-state index < -0.39 is 11.4 Å². The zero-order valence-electron chi connectivity index (χ0n) is 8.91. The summed E-state index contributed by atoms with van der Waals surface area (Å²) in [5.74, 6) is -0.533. The SMILES string of the molecule is O=Cc1c(O)ncn(Cc2ccccc2)c1=O. The van der Waals surface area contributed by atoms with Gasteiger partial charge in [-0.15, -0.1) is 0 Å². The van der Waals surface area contributed by atoms with Crippen LogP contribution < -0.4 is 5.56 Å². The fraction of sp³-hybridized carbons (Fsp3) is 0.0833. The first-order valence-electron chi connectivity index (χ1n) is 5.00. The van der Waals surface area contributed by atoms with Crippen LogP contribution in [0.4, 0.5) is 0 Å². The van der Waals surface area contributed by atoms with Crippen molar-refractivity contribution in [2.75, 3.05) is 0 Å². The number of carbonyl (C=O) groups excluding carboxylic acids is 1. The molecule has 2 aromatic rings. The highest BCUT2D eigenvalue weighted by molar-refractivity contribution is 5.77. The first-order chi connectivity index (χ1) is 8.22. The molecule has 5 nitrogen and oxygen atoms in total. The van der Waals surface area contributed by atoms with Crippen molar-refractivity contribution in [3.8, 4) is 5.88 Å². The number of benzene rings is 1. The van der Waals surface area contributed by atoms with Gasteiger partial charge in [-0.25, -0.2) is 4.98 Å². The summed E-state index contributed by atoms with van der Waals surface area (Å²) >= 11 is 0. The lowest BCUT2D eigenvalue weighted by Gasteiger charge is -2.06. The lowest BCUT2D eigenvalue weighted by molar-refractivity contribution is 0.111. The molecule has 0 spiro atoms. The van der Waals surface area contributed by atoms with Gasteiger partial charge in [0, 0.05) is 0 Å². The van der Waals surface area contributed by atoms with Gasteiger partial charge in [-0.3, -0.25) is 14.2 Å². The molecule has 0 saturated heterocycles. The quantitative estimate of drug-likeness (QED) is 0.792. The first-order valence-corrected chi connectivity index (χ1v) is 5.00. The van der Waals surface area contributed by atoms with Crippen LogP contribution in [0.1, 0.15) is 15.9 Å². The Balaban J connectivity index is 2.41. The normalized spacial score (nSPS) is 10.1. The Bertz CT molecular complexity index is 590. The highest BCUT2D eigenvalue weighted by atomic mass is 16.3. The zero-order valence-corrected chi connectivity index (χ0v) is 8.91. The predicted molar refractivity (Wildman–Crippen MR) is 61.1 cm³/mol. The summed E-state index contributed by atoms with van der Waals surface area (Å²) in [5.41, 5.74) is 0.0544. The summed E-state index contributed by atoms with van der Waals surface area (Å²) in [6, 6.07) is 9.31. The molecule has 5 heteroatoms. The standard InChI is InChI=1S/C12H10N2O3/c15-7-10-11(16)13-8-14(12(10)17)6-9-4-2-1-3-5-9/h1-5,7-8,16H,6H2. The first kappa shape index (κ1) is 11.1. The summed E-state index contributed by atoms with van der Waals surface area (Å²) < 4.78 is 1.28. The van der Waals surface area contributed by atoms with Gasteiger partial charge < -0.3 is 5.11 Å². The lowest BCUT2D eigenvalue weighted by atomic mass is 10.2. The van der Waals surface area contributed by atoms with Crippen LogP contribution in [-0.4, -0.2) is 20.9 Å². The third kappa shape index (κ3) is 2.23. The van der Waals surface area contributed by atoms with E-state index >= 15 is 0 Å². The van der Waals surface area contributed by atoms with Crippen molar-refractivity contribution in [2.45, 2.75) is 6.54 Å². The molecule has 0 bridgehead atoms. The Labute approximate surface area is 97.0 Å². The minimum atomic E-state index is -0.545. The van der Waals surface area contributed by atoms with Crippen molar-refractivity contribution in [2.24, 2.45) is 0 Å². The average Bonchev–Trinajstić information content (AvgIpc) is 2.35. The molecular weight excluding hydrogens is 220 g/mol. The Hall–Kier alpha value is -2.43. The molecule has 1 aromatic heterocycles. The zero-order chi connectivity index (χ0) is 12.3. The molecule has 0 aliphatic heterocycles. The fourth-order valence-electron chi connectivity index (χ4n) is 1.49.